The Balaban J connectivity index is 0.000000980. The summed E-state index contributed by atoms with van der Waals surface area (Å²) in [6, 6.07) is 2.15. The molecule has 1 N–H and O–H groups in total. The molecule has 0 unspecified atom stereocenters. The van der Waals surface area contributed by atoms with Gasteiger partial charge in [0.25, 0.3) is 0 Å². The van der Waals surface area contributed by atoms with E-state index in [2.05, 4.69) is 21.2 Å². The van der Waals surface area contributed by atoms with E-state index in [-0.39, 0.29) is 1.43 Å². The molecule has 13 heavy (non-hydrogen) atoms. The first kappa shape index (κ1) is 8.56. The lowest BCUT2D eigenvalue weighted by Gasteiger charge is -2.06. The SMILES string of the molecule is CN(C)c1cc2n(n1)CCCNC2.[HH]. The van der Waals surface area contributed by atoms with Crippen LogP contribution in [-0.4, -0.2) is 30.4 Å². The molecule has 0 amide bonds. The Kier molecular flexibility index (Phi) is 2.22. The van der Waals surface area contributed by atoms with E-state index in [1.54, 1.807) is 0 Å². The number of fused-ring (bicyclic) bond motifs is 1. The Morgan fingerprint density at radius 3 is 3.23 bits per heavy atom. The second kappa shape index (κ2) is 3.38. The van der Waals surface area contributed by atoms with Crippen LogP contribution in [0.3, 0.4) is 0 Å². The molecule has 0 aliphatic carbocycles. The van der Waals surface area contributed by atoms with Gasteiger partial charge in [-0.25, -0.2) is 0 Å². The minimum atomic E-state index is 0. The normalized spacial score (nSPS) is 16.5. The van der Waals surface area contributed by atoms with Gasteiger partial charge in [0.1, 0.15) is 5.82 Å². The van der Waals surface area contributed by atoms with Gasteiger partial charge < -0.3 is 10.2 Å². The summed E-state index contributed by atoms with van der Waals surface area (Å²) in [6.07, 6.45) is 1.17. The van der Waals surface area contributed by atoms with Crippen molar-refractivity contribution in [2.24, 2.45) is 0 Å². The molecule has 0 radical (unpaired) electrons. The highest BCUT2D eigenvalue weighted by atomic mass is 15.3. The molecular weight excluding hydrogens is 164 g/mol. The van der Waals surface area contributed by atoms with Crippen LogP contribution in [0.1, 0.15) is 13.5 Å². The van der Waals surface area contributed by atoms with E-state index >= 15 is 0 Å². The van der Waals surface area contributed by atoms with Crippen molar-refractivity contribution in [1.29, 1.82) is 0 Å². The highest BCUT2D eigenvalue weighted by Crippen LogP contribution is 2.13. The van der Waals surface area contributed by atoms with Gasteiger partial charge in [0.15, 0.2) is 0 Å². The molecule has 2 rings (SSSR count). The third-order valence-electron chi connectivity index (χ3n) is 2.34. The highest BCUT2D eigenvalue weighted by molar-refractivity contribution is 5.37. The van der Waals surface area contributed by atoms with E-state index in [0.29, 0.717) is 0 Å². The predicted molar refractivity (Wildman–Crippen MR) is 55.0 cm³/mol. The molecule has 74 valence electrons. The van der Waals surface area contributed by atoms with Gasteiger partial charge in [-0.1, -0.05) is 0 Å². The molecule has 0 spiro atoms. The minimum Gasteiger partial charge on any atom is -0.361 e. The molecule has 1 aliphatic heterocycles. The van der Waals surface area contributed by atoms with Crippen LogP contribution < -0.4 is 10.2 Å². The van der Waals surface area contributed by atoms with Crippen LogP contribution in [0.4, 0.5) is 5.82 Å². The molecule has 1 aliphatic rings. The summed E-state index contributed by atoms with van der Waals surface area (Å²) >= 11 is 0. The number of rotatable bonds is 1. The largest absolute Gasteiger partial charge is 0.361 e. The molecule has 1 aromatic rings. The van der Waals surface area contributed by atoms with Crippen molar-refractivity contribution in [3.63, 3.8) is 0 Å². The van der Waals surface area contributed by atoms with Gasteiger partial charge in [0, 0.05) is 34.7 Å². The maximum atomic E-state index is 4.51. The number of hydrogen-bond acceptors (Lipinski definition) is 3. The summed E-state index contributed by atoms with van der Waals surface area (Å²) in [5, 5.41) is 7.89. The van der Waals surface area contributed by atoms with Gasteiger partial charge in [-0.15, -0.1) is 0 Å². The lowest BCUT2D eigenvalue weighted by Crippen LogP contribution is -2.12. The zero-order chi connectivity index (χ0) is 9.26. The Labute approximate surface area is 80.0 Å². The summed E-state index contributed by atoms with van der Waals surface area (Å²) in [5.74, 6) is 1.05. The molecule has 0 aromatic carbocycles. The van der Waals surface area contributed by atoms with E-state index in [9.17, 15) is 0 Å². The second-order valence-electron chi connectivity index (χ2n) is 3.64. The summed E-state index contributed by atoms with van der Waals surface area (Å²) in [7, 11) is 4.05. The Morgan fingerprint density at radius 2 is 2.46 bits per heavy atom. The summed E-state index contributed by atoms with van der Waals surface area (Å²) < 4.78 is 2.11. The lowest BCUT2D eigenvalue weighted by molar-refractivity contribution is 0.587. The van der Waals surface area contributed by atoms with Crippen molar-refractivity contribution in [2.45, 2.75) is 19.5 Å². The van der Waals surface area contributed by atoms with Crippen LogP contribution >= 0.6 is 0 Å². The van der Waals surface area contributed by atoms with Gasteiger partial charge >= 0.3 is 0 Å². The van der Waals surface area contributed by atoms with E-state index < -0.39 is 0 Å². The summed E-state index contributed by atoms with van der Waals surface area (Å²) in [5.41, 5.74) is 1.29. The molecule has 0 fully saturated rings. The van der Waals surface area contributed by atoms with Crippen molar-refractivity contribution < 1.29 is 1.43 Å². The fourth-order valence-electron chi connectivity index (χ4n) is 1.57. The van der Waals surface area contributed by atoms with Crippen LogP contribution in [-0.2, 0) is 13.1 Å². The monoisotopic (exact) mass is 182 g/mol. The molecule has 0 saturated carbocycles. The third kappa shape index (κ3) is 1.67. The van der Waals surface area contributed by atoms with Crippen molar-refractivity contribution in [3.8, 4) is 0 Å². The molecule has 0 atom stereocenters. The predicted octanol–water partition coefficient (Wildman–Crippen LogP) is 0.688. The number of anilines is 1. The van der Waals surface area contributed by atoms with Gasteiger partial charge in [-0.3, -0.25) is 4.68 Å². The standard InChI is InChI=1S/C9H16N4.H2/c1-12(2)9-6-8-7-10-4-3-5-13(8)11-9;/h6,10H,3-5,7H2,1-2H3;1H. The maximum absolute atomic E-state index is 4.51. The molecule has 2 heterocycles. The zero-order valence-electron chi connectivity index (χ0n) is 8.25. The third-order valence-corrected chi connectivity index (χ3v) is 2.34. The number of aryl methyl sites for hydroxylation is 1. The average Bonchev–Trinajstić information content (AvgIpc) is 2.38. The molecule has 4 heteroatoms. The number of aromatic nitrogens is 2. The Bertz CT molecular complexity index is 272. The first-order valence-electron chi connectivity index (χ1n) is 4.72. The Morgan fingerprint density at radius 1 is 1.62 bits per heavy atom. The van der Waals surface area contributed by atoms with E-state index in [4.69, 9.17) is 0 Å². The van der Waals surface area contributed by atoms with E-state index in [1.165, 1.54) is 12.1 Å². The highest BCUT2D eigenvalue weighted by Gasteiger charge is 2.10. The van der Waals surface area contributed by atoms with Crippen molar-refractivity contribution in [1.82, 2.24) is 15.1 Å². The zero-order valence-corrected chi connectivity index (χ0v) is 8.25. The molecule has 4 nitrogen and oxygen atoms in total. The van der Waals surface area contributed by atoms with Gasteiger partial charge in [-0.2, -0.15) is 5.10 Å². The fraction of sp³-hybridized carbons (Fsp3) is 0.667. The minimum absolute atomic E-state index is 0. The van der Waals surface area contributed by atoms with Gasteiger partial charge in [0.2, 0.25) is 0 Å². The van der Waals surface area contributed by atoms with E-state index in [0.717, 1.165) is 25.5 Å². The van der Waals surface area contributed by atoms with E-state index in [1.807, 2.05) is 19.0 Å². The average molecular weight is 182 g/mol. The van der Waals surface area contributed by atoms with Crippen LogP contribution in [0.15, 0.2) is 6.07 Å². The smallest absolute Gasteiger partial charge is 0.150 e. The van der Waals surface area contributed by atoms with Crippen molar-refractivity contribution in [2.75, 3.05) is 25.5 Å². The molecular formula is C9H18N4. The first-order chi connectivity index (χ1) is 6.27. The summed E-state index contributed by atoms with van der Waals surface area (Å²) in [4.78, 5) is 2.04. The van der Waals surface area contributed by atoms with Crippen LogP contribution in [0.25, 0.3) is 0 Å². The topological polar surface area (TPSA) is 33.1 Å². The van der Waals surface area contributed by atoms with Gasteiger partial charge in [0.05, 0.1) is 5.69 Å². The molecule has 0 bridgehead atoms. The maximum Gasteiger partial charge on any atom is 0.150 e. The molecule has 1 aromatic heterocycles. The quantitative estimate of drug-likeness (QED) is 0.693. The van der Waals surface area contributed by atoms with Crippen molar-refractivity contribution in [3.05, 3.63) is 11.8 Å². The van der Waals surface area contributed by atoms with Crippen LogP contribution in [0, 0.1) is 0 Å². The Hall–Kier alpha value is -1.03. The lowest BCUT2D eigenvalue weighted by atomic mass is 10.4. The second-order valence-corrected chi connectivity index (χ2v) is 3.64. The van der Waals surface area contributed by atoms with Crippen LogP contribution in [0.5, 0.6) is 0 Å². The van der Waals surface area contributed by atoms with Crippen molar-refractivity contribution >= 4 is 5.82 Å². The number of hydrogen-bond donors (Lipinski definition) is 1. The number of nitrogens with zero attached hydrogens (tertiary/aromatic N) is 3. The van der Waals surface area contributed by atoms with Crippen LogP contribution in [0.2, 0.25) is 0 Å². The first-order valence-corrected chi connectivity index (χ1v) is 4.72. The fourth-order valence-corrected chi connectivity index (χ4v) is 1.57. The molecule has 0 saturated heterocycles. The summed E-state index contributed by atoms with van der Waals surface area (Å²) in [6.45, 7) is 3.08. The number of nitrogens with one attached hydrogen (secondary N) is 1. The van der Waals surface area contributed by atoms with Gasteiger partial charge in [-0.05, 0) is 13.0 Å².